The minimum absolute atomic E-state index is 0.499. The van der Waals surface area contributed by atoms with E-state index in [2.05, 4.69) is 134 Å². The standard InChI is InChI=1S/C5Br8.C4H8/c6-2(4(9)10)1(3(7)8)5(11,12)13;1-4(2)3/h;1H2,2-3H3. The second-order valence-electron chi connectivity index (χ2n) is 2.91. The first kappa shape index (κ1) is 22.3. The van der Waals surface area contributed by atoms with Crippen LogP contribution in [-0.2, 0) is 0 Å². The first-order chi connectivity index (χ1) is 7.41. The van der Waals surface area contributed by atoms with E-state index in [1.807, 2.05) is 13.8 Å². The zero-order chi connectivity index (χ0) is 14.4. The van der Waals surface area contributed by atoms with E-state index in [4.69, 9.17) is 0 Å². The van der Waals surface area contributed by atoms with Gasteiger partial charge in [-0.15, -0.1) is 6.58 Å². The molecule has 0 aliphatic rings. The summed E-state index contributed by atoms with van der Waals surface area (Å²) in [5.74, 6) is 0. The first-order valence-electron chi connectivity index (χ1n) is 3.87. The van der Waals surface area contributed by atoms with E-state index >= 15 is 0 Å². The van der Waals surface area contributed by atoms with Gasteiger partial charge in [0.1, 0.15) is 0 Å². The summed E-state index contributed by atoms with van der Waals surface area (Å²) in [6.45, 7) is 7.50. The van der Waals surface area contributed by atoms with Crippen LogP contribution in [0.25, 0.3) is 0 Å². The molecule has 0 unspecified atom stereocenters. The Kier molecular flexibility index (Phi) is 14.1. The SMILES string of the molecule is BrC(Br)=C(Br)C(=C(Br)Br)C(Br)(Br)Br.C=C(C)C. The molecule has 0 saturated heterocycles. The Hall–Kier alpha value is 3.06. The first-order valence-corrected chi connectivity index (χ1v) is 10.2. The van der Waals surface area contributed by atoms with E-state index in [9.17, 15) is 0 Å². The molecule has 0 rings (SSSR count). The second-order valence-corrected chi connectivity index (χ2v) is 15.8. The van der Waals surface area contributed by atoms with Gasteiger partial charge in [-0.1, -0.05) is 53.4 Å². The third-order valence-corrected chi connectivity index (χ3v) is 5.49. The Morgan fingerprint density at radius 2 is 1.12 bits per heavy atom. The molecule has 100 valence electrons. The summed E-state index contributed by atoms with van der Waals surface area (Å²) in [5.41, 5.74) is 2.08. The van der Waals surface area contributed by atoms with Crippen molar-refractivity contribution in [1.82, 2.24) is 0 Å². The summed E-state index contributed by atoms with van der Waals surface area (Å²) in [5, 5.41) is 0. The largest absolute Gasteiger partial charge is 0.162 e. The lowest BCUT2D eigenvalue weighted by Gasteiger charge is -2.17. The Balaban J connectivity index is 0. The lowest BCUT2D eigenvalue weighted by Crippen LogP contribution is -2.05. The summed E-state index contributed by atoms with van der Waals surface area (Å²) in [6, 6.07) is 0. The smallest absolute Gasteiger partial charge is 0.100 e. The highest BCUT2D eigenvalue weighted by atomic mass is 80.0. The number of halogens is 8. The highest BCUT2D eigenvalue weighted by Crippen LogP contribution is 2.51. The van der Waals surface area contributed by atoms with Gasteiger partial charge < -0.3 is 0 Å². The van der Waals surface area contributed by atoms with Crippen LogP contribution >= 0.6 is 127 Å². The van der Waals surface area contributed by atoms with Crippen molar-refractivity contribution < 1.29 is 0 Å². The molecule has 0 N–H and O–H groups in total. The van der Waals surface area contributed by atoms with Gasteiger partial charge in [-0.25, -0.2) is 0 Å². The van der Waals surface area contributed by atoms with Crippen LogP contribution in [0.4, 0.5) is 0 Å². The van der Waals surface area contributed by atoms with Crippen molar-refractivity contribution in [3.63, 3.8) is 0 Å². The minimum Gasteiger partial charge on any atom is -0.100 e. The van der Waals surface area contributed by atoms with Gasteiger partial charge in [0.2, 0.25) is 0 Å². The normalized spacial score (nSPS) is 10.0. The summed E-state index contributed by atoms with van der Waals surface area (Å²) >= 11 is 27.0. The summed E-state index contributed by atoms with van der Waals surface area (Å²) < 4.78 is 1.99. The van der Waals surface area contributed by atoms with Gasteiger partial charge in [-0.05, 0) is 93.5 Å². The molecule has 0 bridgehead atoms. The lowest BCUT2D eigenvalue weighted by atomic mass is 10.3. The molecule has 0 aliphatic carbocycles. The minimum atomic E-state index is -0.499. The molecule has 8 heteroatoms. The molecule has 0 aromatic heterocycles. The molecule has 0 saturated carbocycles. The van der Waals surface area contributed by atoms with Gasteiger partial charge in [0.25, 0.3) is 0 Å². The molecule has 17 heavy (non-hydrogen) atoms. The fraction of sp³-hybridized carbons (Fsp3) is 0.333. The van der Waals surface area contributed by atoms with Crippen molar-refractivity contribution >= 4 is 127 Å². The Bertz CT molecular complexity index is 321. The van der Waals surface area contributed by atoms with Crippen LogP contribution in [0.15, 0.2) is 29.0 Å². The number of hydrogen-bond acceptors (Lipinski definition) is 0. The van der Waals surface area contributed by atoms with E-state index in [0.717, 1.165) is 16.8 Å². The van der Waals surface area contributed by atoms with E-state index in [-0.39, 0.29) is 0 Å². The molecule has 0 aliphatic heterocycles. The van der Waals surface area contributed by atoms with Gasteiger partial charge >= 0.3 is 0 Å². The summed E-state index contributed by atoms with van der Waals surface area (Å²) in [7, 11) is 0. The third-order valence-electron chi connectivity index (χ3n) is 0.858. The molecule has 0 heterocycles. The third kappa shape index (κ3) is 12.5. The molecule has 0 nitrogen and oxygen atoms in total. The fourth-order valence-corrected chi connectivity index (χ4v) is 6.41. The van der Waals surface area contributed by atoms with E-state index < -0.39 is 2.14 Å². The predicted octanol–water partition coefficient (Wildman–Crippen LogP) is 8.76. The Morgan fingerprint density at radius 3 is 1.18 bits per heavy atom. The predicted molar refractivity (Wildman–Crippen MR) is 109 cm³/mol. The second kappa shape index (κ2) is 10.7. The monoisotopic (exact) mass is 747 g/mol. The van der Waals surface area contributed by atoms with Crippen molar-refractivity contribution in [1.29, 1.82) is 0 Å². The molecular formula is C9H8Br8. The van der Waals surface area contributed by atoms with Crippen molar-refractivity contribution in [2.75, 3.05) is 0 Å². The molecule has 0 aromatic rings. The maximum Gasteiger partial charge on any atom is 0.162 e. The number of rotatable bonds is 1. The maximum atomic E-state index is 3.56. The Morgan fingerprint density at radius 1 is 0.824 bits per heavy atom. The molecule has 0 amide bonds. The van der Waals surface area contributed by atoms with Crippen LogP contribution in [0.1, 0.15) is 13.8 Å². The van der Waals surface area contributed by atoms with Crippen LogP contribution in [0.5, 0.6) is 0 Å². The fourth-order valence-electron chi connectivity index (χ4n) is 0.409. The van der Waals surface area contributed by atoms with Crippen LogP contribution < -0.4 is 0 Å². The number of hydrogen-bond donors (Lipinski definition) is 0. The van der Waals surface area contributed by atoms with Crippen molar-refractivity contribution in [3.05, 3.63) is 29.0 Å². The molecule has 0 aromatic carbocycles. The zero-order valence-electron chi connectivity index (χ0n) is 8.73. The molecular weight excluding hydrogens is 747 g/mol. The van der Waals surface area contributed by atoms with E-state index in [1.54, 1.807) is 0 Å². The molecule has 0 spiro atoms. The van der Waals surface area contributed by atoms with E-state index in [1.165, 1.54) is 5.57 Å². The van der Waals surface area contributed by atoms with Gasteiger partial charge in [0, 0.05) is 10.1 Å². The van der Waals surface area contributed by atoms with Gasteiger partial charge in [0.05, 0.1) is 6.78 Å². The number of alkyl halides is 3. The van der Waals surface area contributed by atoms with Crippen LogP contribution in [0.3, 0.4) is 0 Å². The van der Waals surface area contributed by atoms with Crippen LogP contribution in [-0.4, -0.2) is 2.14 Å². The van der Waals surface area contributed by atoms with Crippen LogP contribution in [0, 0.1) is 0 Å². The van der Waals surface area contributed by atoms with E-state index in [0.29, 0.717) is 0 Å². The van der Waals surface area contributed by atoms with Crippen molar-refractivity contribution in [3.8, 4) is 0 Å². The average molecular weight is 755 g/mol. The summed E-state index contributed by atoms with van der Waals surface area (Å²) in [6.07, 6.45) is 0. The zero-order valence-corrected chi connectivity index (χ0v) is 21.4. The summed E-state index contributed by atoms with van der Waals surface area (Å²) in [4.78, 5) is 0. The maximum absolute atomic E-state index is 3.56. The lowest BCUT2D eigenvalue weighted by molar-refractivity contribution is 1.42. The Labute approximate surface area is 170 Å². The molecule has 0 radical (unpaired) electrons. The van der Waals surface area contributed by atoms with Crippen LogP contribution in [0.2, 0.25) is 0 Å². The van der Waals surface area contributed by atoms with Gasteiger partial charge in [0.15, 0.2) is 2.14 Å². The molecule has 0 atom stereocenters. The number of allylic oxidation sites excluding steroid dienone is 3. The van der Waals surface area contributed by atoms with Crippen molar-refractivity contribution in [2.45, 2.75) is 16.0 Å². The average Bonchev–Trinajstić information content (AvgIpc) is 1.98. The van der Waals surface area contributed by atoms with Gasteiger partial charge in [-0.2, -0.15) is 0 Å². The topological polar surface area (TPSA) is 0 Å². The highest BCUT2D eigenvalue weighted by Gasteiger charge is 2.29. The highest BCUT2D eigenvalue weighted by molar-refractivity contribution is 9.39. The molecule has 0 fully saturated rings. The quantitative estimate of drug-likeness (QED) is 0.143. The van der Waals surface area contributed by atoms with Gasteiger partial charge in [-0.3, -0.25) is 0 Å². The van der Waals surface area contributed by atoms with Crippen molar-refractivity contribution in [2.24, 2.45) is 0 Å².